The molecule has 2 rings (SSSR count). The number of aromatic nitrogens is 2. The van der Waals surface area contributed by atoms with Crippen LogP contribution in [0.1, 0.15) is 33.1 Å². The fraction of sp³-hybridized carbons (Fsp3) is 0.692. The van der Waals surface area contributed by atoms with Gasteiger partial charge in [0.15, 0.2) is 0 Å². The van der Waals surface area contributed by atoms with Gasteiger partial charge in [-0.15, -0.1) is 0 Å². The van der Waals surface area contributed by atoms with Gasteiger partial charge in [-0.05, 0) is 19.8 Å². The Labute approximate surface area is 117 Å². The van der Waals surface area contributed by atoms with E-state index in [-0.39, 0.29) is 16.1 Å². The highest BCUT2D eigenvalue weighted by atomic mass is 35.5. The Morgan fingerprint density at radius 1 is 1.63 bits per heavy atom. The molecule has 1 saturated heterocycles. The predicted octanol–water partition coefficient (Wildman–Crippen LogP) is 2.29. The summed E-state index contributed by atoms with van der Waals surface area (Å²) in [5.74, 6) is 0. The Kier molecular flexibility index (Phi) is 4.47. The van der Waals surface area contributed by atoms with E-state index in [0.29, 0.717) is 18.8 Å². The summed E-state index contributed by atoms with van der Waals surface area (Å²) in [6, 6.07) is 0. The first kappa shape index (κ1) is 14.3. The van der Waals surface area contributed by atoms with Crippen molar-refractivity contribution in [2.75, 3.05) is 18.5 Å². The highest BCUT2D eigenvalue weighted by Gasteiger charge is 2.30. The van der Waals surface area contributed by atoms with Crippen LogP contribution in [0.15, 0.2) is 11.0 Å². The van der Waals surface area contributed by atoms with Gasteiger partial charge in [0.05, 0.1) is 24.0 Å². The first-order valence-corrected chi connectivity index (χ1v) is 7.05. The summed E-state index contributed by atoms with van der Waals surface area (Å²) in [5, 5.41) is 7.65. The second kappa shape index (κ2) is 5.92. The van der Waals surface area contributed by atoms with Crippen molar-refractivity contribution in [3.05, 3.63) is 21.6 Å². The molecule has 0 saturated carbocycles. The molecule has 2 heterocycles. The van der Waals surface area contributed by atoms with E-state index in [4.69, 9.17) is 16.3 Å². The van der Waals surface area contributed by atoms with Crippen LogP contribution < -0.4 is 10.9 Å². The van der Waals surface area contributed by atoms with Crippen LogP contribution in [0, 0.1) is 0 Å². The average molecular weight is 286 g/mol. The van der Waals surface area contributed by atoms with Crippen LogP contribution in [-0.4, -0.2) is 28.5 Å². The number of rotatable bonds is 5. The fourth-order valence-corrected chi connectivity index (χ4v) is 2.30. The number of hydrogen-bond donors (Lipinski definition) is 1. The van der Waals surface area contributed by atoms with Crippen LogP contribution in [-0.2, 0) is 11.3 Å². The molecule has 0 bridgehead atoms. The molecular weight excluding hydrogens is 266 g/mol. The van der Waals surface area contributed by atoms with Gasteiger partial charge in [0, 0.05) is 13.2 Å². The van der Waals surface area contributed by atoms with Gasteiger partial charge in [-0.3, -0.25) is 4.79 Å². The van der Waals surface area contributed by atoms with Crippen molar-refractivity contribution in [1.82, 2.24) is 9.78 Å². The van der Waals surface area contributed by atoms with Crippen molar-refractivity contribution < 1.29 is 4.74 Å². The molecule has 1 unspecified atom stereocenters. The number of aryl methyl sites for hydroxylation is 1. The third-order valence-corrected chi connectivity index (χ3v) is 3.73. The molecule has 0 aliphatic carbocycles. The lowest BCUT2D eigenvalue weighted by Gasteiger charge is -2.25. The Morgan fingerprint density at radius 3 is 3.05 bits per heavy atom. The third-order valence-electron chi connectivity index (χ3n) is 3.36. The smallest absolute Gasteiger partial charge is 0.287 e. The Hall–Kier alpha value is -1.07. The molecule has 1 N–H and O–H groups in total. The van der Waals surface area contributed by atoms with Crippen molar-refractivity contribution in [2.24, 2.45) is 0 Å². The minimum Gasteiger partial charge on any atom is -0.379 e. The van der Waals surface area contributed by atoms with Crippen molar-refractivity contribution in [1.29, 1.82) is 0 Å². The first-order valence-electron chi connectivity index (χ1n) is 6.67. The second-order valence-corrected chi connectivity index (χ2v) is 5.62. The Balaban J connectivity index is 2.18. The molecule has 0 amide bonds. The molecule has 19 heavy (non-hydrogen) atoms. The monoisotopic (exact) mass is 285 g/mol. The fourth-order valence-electron chi connectivity index (χ4n) is 2.11. The molecular formula is C13H20ClN3O2. The normalized spacial score (nSPS) is 22.7. The summed E-state index contributed by atoms with van der Waals surface area (Å²) in [6.07, 6.45) is 4.45. The number of anilines is 1. The number of nitrogens with zero attached hydrogens (tertiary/aromatic N) is 2. The summed E-state index contributed by atoms with van der Waals surface area (Å²) in [4.78, 5) is 12.1. The van der Waals surface area contributed by atoms with E-state index in [1.807, 2.05) is 0 Å². The van der Waals surface area contributed by atoms with Gasteiger partial charge in [0.1, 0.15) is 5.02 Å². The molecule has 106 valence electrons. The van der Waals surface area contributed by atoms with Crippen LogP contribution in [0.2, 0.25) is 5.02 Å². The van der Waals surface area contributed by atoms with Crippen LogP contribution >= 0.6 is 11.6 Å². The minimum atomic E-state index is -0.234. The van der Waals surface area contributed by atoms with E-state index in [9.17, 15) is 4.79 Å². The SMILES string of the molecule is CCCCn1ncc(NC2(C)CCOC2)c(Cl)c1=O. The Bertz CT molecular complexity index is 495. The molecule has 6 heteroatoms. The summed E-state index contributed by atoms with van der Waals surface area (Å²) < 4.78 is 6.79. The van der Waals surface area contributed by atoms with Gasteiger partial charge in [-0.2, -0.15) is 5.10 Å². The lowest BCUT2D eigenvalue weighted by Crippen LogP contribution is -2.36. The van der Waals surface area contributed by atoms with Crippen LogP contribution in [0.3, 0.4) is 0 Å². The largest absolute Gasteiger partial charge is 0.379 e. The number of halogens is 1. The molecule has 1 aromatic heterocycles. The van der Waals surface area contributed by atoms with E-state index >= 15 is 0 Å². The summed E-state index contributed by atoms with van der Waals surface area (Å²) >= 11 is 6.14. The standard InChI is InChI=1S/C13H20ClN3O2/c1-3-4-6-17-12(18)11(14)10(8-15-17)16-13(2)5-7-19-9-13/h8,16H,3-7,9H2,1-2H3. The average Bonchev–Trinajstić information content (AvgIpc) is 2.81. The van der Waals surface area contributed by atoms with Gasteiger partial charge in [-0.1, -0.05) is 24.9 Å². The highest BCUT2D eigenvalue weighted by Crippen LogP contribution is 2.26. The van der Waals surface area contributed by atoms with Crippen LogP contribution in [0.4, 0.5) is 5.69 Å². The molecule has 0 aromatic carbocycles. The first-order chi connectivity index (χ1) is 9.06. The zero-order valence-electron chi connectivity index (χ0n) is 11.4. The maximum Gasteiger partial charge on any atom is 0.287 e. The summed E-state index contributed by atoms with van der Waals surface area (Å²) in [7, 11) is 0. The summed E-state index contributed by atoms with van der Waals surface area (Å²) in [6.45, 7) is 6.07. The summed E-state index contributed by atoms with van der Waals surface area (Å²) in [5.41, 5.74) is 0.183. The van der Waals surface area contributed by atoms with E-state index in [1.54, 1.807) is 6.20 Å². The van der Waals surface area contributed by atoms with Gasteiger partial charge in [-0.25, -0.2) is 4.68 Å². The molecule has 1 aromatic rings. The van der Waals surface area contributed by atoms with Crippen molar-refractivity contribution in [3.63, 3.8) is 0 Å². The lowest BCUT2D eigenvalue weighted by molar-refractivity contribution is 0.185. The van der Waals surface area contributed by atoms with Crippen LogP contribution in [0.25, 0.3) is 0 Å². The topological polar surface area (TPSA) is 56.1 Å². The molecule has 1 fully saturated rings. The van der Waals surface area contributed by atoms with E-state index < -0.39 is 0 Å². The van der Waals surface area contributed by atoms with E-state index in [1.165, 1.54) is 4.68 Å². The van der Waals surface area contributed by atoms with Crippen LogP contribution in [0.5, 0.6) is 0 Å². The molecule has 1 atom stereocenters. The van der Waals surface area contributed by atoms with Crippen molar-refractivity contribution >= 4 is 17.3 Å². The second-order valence-electron chi connectivity index (χ2n) is 5.24. The molecule has 1 aliphatic heterocycles. The number of ether oxygens (including phenoxy) is 1. The number of hydrogen-bond acceptors (Lipinski definition) is 4. The zero-order valence-corrected chi connectivity index (χ0v) is 12.2. The minimum absolute atomic E-state index is 0.173. The third kappa shape index (κ3) is 3.28. The maximum atomic E-state index is 12.1. The molecule has 0 radical (unpaired) electrons. The number of unbranched alkanes of at least 4 members (excludes halogenated alkanes) is 1. The zero-order chi connectivity index (χ0) is 13.9. The molecule has 1 aliphatic rings. The Morgan fingerprint density at radius 2 is 2.42 bits per heavy atom. The van der Waals surface area contributed by atoms with Crippen molar-refractivity contribution in [3.8, 4) is 0 Å². The predicted molar refractivity (Wildman–Crippen MR) is 75.9 cm³/mol. The number of nitrogens with one attached hydrogen (secondary N) is 1. The lowest BCUT2D eigenvalue weighted by atomic mass is 10.0. The van der Waals surface area contributed by atoms with Gasteiger partial charge in [0.2, 0.25) is 0 Å². The highest BCUT2D eigenvalue weighted by molar-refractivity contribution is 6.32. The van der Waals surface area contributed by atoms with E-state index in [2.05, 4.69) is 24.3 Å². The van der Waals surface area contributed by atoms with E-state index in [0.717, 1.165) is 25.9 Å². The molecule has 5 nitrogen and oxygen atoms in total. The maximum absolute atomic E-state index is 12.1. The molecule has 0 spiro atoms. The van der Waals surface area contributed by atoms with Gasteiger partial charge < -0.3 is 10.1 Å². The van der Waals surface area contributed by atoms with Gasteiger partial charge in [0.25, 0.3) is 5.56 Å². The van der Waals surface area contributed by atoms with Gasteiger partial charge >= 0.3 is 0 Å². The van der Waals surface area contributed by atoms with Crippen molar-refractivity contribution in [2.45, 2.75) is 45.2 Å². The quantitative estimate of drug-likeness (QED) is 0.902.